The highest BCUT2D eigenvalue weighted by atomic mass is 16.3. The SMILES string of the molecule is CC1CCCC(C2(O)CNC2)N1. The second kappa shape index (κ2) is 2.98. The lowest BCUT2D eigenvalue weighted by molar-refractivity contribution is -0.0536. The van der Waals surface area contributed by atoms with E-state index in [0.717, 1.165) is 19.5 Å². The minimum atomic E-state index is -0.450. The molecular weight excluding hydrogens is 152 g/mol. The van der Waals surface area contributed by atoms with Crippen LogP contribution in [0.1, 0.15) is 26.2 Å². The highest BCUT2D eigenvalue weighted by molar-refractivity contribution is 5.03. The molecule has 0 aromatic rings. The third-order valence-electron chi connectivity index (χ3n) is 3.13. The van der Waals surface area contributed by atoms with Crippen LogP contribution in [0.4, 0.5) is 0 Å². The van der Waals surface area contributed by atoms with Gasteiger partial charge in [-0.1, -0.05) is 6.42 Å². The average Bonchev–Trinajstić information content (AvgIpc) is 2.00. The third-order valence-corrected chi connectivity index (χ3v) is 3.13. The molecule has 2 unspecified atom stereocenters. The van der Waals surface area contributed by atoms with Gasteiger partial charge in [0.2, 0.25) is 0 Å². The minimum Gasteiger partial charge on any atom is -0.386 e. The Kier molecular flexibility index (Phi) is 2.10. The van der Waals surface area contributed by atoms with Crippen LogP contribution >= 0.6 is 0 Å². The Balaban J connectivity index is 1.94. The maximum atomic E-state index is 10.0. The molecule has 0 aromatic heterocycles. The van der Waals surface area contributed by atoms with Gasteiger partial charge in [-0.25, -0.2) is 0 Å². The van der Waals surface area contributed by atoms with E-state index < -0.39 is 5.60 Å². The van der Waals surface area contributed by atoms with Crippen molar-refractivity contribution in [2.75, 3.05) is 13.1 Å². The molecule has 0 radical (unpaired) electrons. The van der Waals surface area contributed by atoms with E-state index in [4.69, 9.17) is 0 Å². The molecule has 2 aliphatic rings. The van der Waals surface area contributed by atoms with E-state index in [1.54, 1.807) is 0 Å². The number of rotatable bonds is 1. The van der Waals surface area contributed by atoms with Crippen molar-refractivity contribution in [3.05, 3.63) is 0 Å². The maximum Gasteiger partial charge on any atom is 0.105 e. The lowest BCUT2D eigenvalue weighted by Gasteiger charge is -2.47. The summed E-state index contributed by atoms with van der Waals surface area (Å²) in [5, 5.41) is 16.6. The highest BCUT2D eigenvalue weighted by Crippen LogP contribution is 2.24. The predicted octanol–water partition coefficient (Wildman–Crippen LogP) is -0.149. The molecule has 0 aromatic carbocycles. The molecule has 3 N–H and O–H groups in total. The normalized spacial score (nSPS) is 40.5. The molecule has 2 heterocycles. The molecule has 2 rings (SSSR count). The van der Waals surface area contributed by atoms with Crippen molar-refractivity contribution < 1.29 is 5.11 Å². The number of piperidine rings is 1. The summed E-state index contributed by atoms with van der Waals surface area (Å²) < 4.78 is 0. The fourth-order valence-electron chi connectivity index (χ4n) is 2.19. The van der Waals surface area contributed by atoms with Gasteiger partial charge in [0.1, 0.15) is 5.60 Å². The van der Waals surface area contributed by atoms with E-state index in [1.807, 2.05) is 0 Å². The Labute approximate surface area is 73.5 Å². The van der Waals surface area contributed by atoms with Gasteiger partial charge in [-0.3, -0.25) is 0 Å². The van der Waals surface area contributed by atoms with Crippen molar-refractivity contribution in [1.82, 2.24) is 10.6 Å². The number of aliphatic hydroxyl groups is 1. The zero-order valence-corrected chi connectivity index (χ0v) is 7.64. The van der Waals surface area contributed by atoms with Crippen LogP contribution in [0, 0.1) is 0 Å². The van der Waals surface area contributed by atoms with Gasteiger partial charge in [0.05, 0.1) is 0 Å². The molecule has 2 fully saturated rings. The Morgan fingerprint density at radius 3 is 2.58 bits per heavy atom. The summed E-state index contributed by atoms with van der Waals surface area (Å²) in [7, 11) is 0. The van der Waals surface area contributed by atoms with E-state index in [0.29, 0.717) is 12.1 Å². The van der Waals surface area contributed by atoms with Crippen LogP contribution in [0.25, 0.3) is 0 Å². The summed E-state index contributed by atoms with van der Waals surface area (Å²) in [5.74, 6) is 0. The second-order valence-electron chi connectivity index (χ2n) is 4.26. The summed E-state index contributed by atoms with van der Waals surface area (Å²) in [6.07, 6.45) is 3.63. The quantitative estimate of drug-likeness (QED) is 0.513. The van der Waals surface area contributed by atoms with Crippen LogP contribution in [-0.4, -0.2) is 35.9 Å². The van der Waals surface area contributed by atoms with Crippen molar-refractivity contribution in [3.63, 3.8) is 0 Å². The first-order valence-corrected chi connectivity index (χ1v) is 4.90. The molecule has 0 aliphatic carbocycles. The number of nitrogens with one attached hydrogen (secondary N) is 2. The molecule has 70 valence electrons. The Morgan fingerprint density at radius 2 is 2.08 bits per heavy atom. The summed E-state index contributed by atoms with van der Waals surface area (Å²) in [4.78, 5) is 0. The molecule has 12 heavy (non-hydrogen) atoms. The number of β-amino-alcohol motifs (C(OH)–C–C–N with tert-alkyl or cyclic N) is 1. The van der Waals surface area contributed by atoms with E-state index in [1.165, 1.54) is 12.8 Å². The van der Waals surface area contributed by atoms with E-state index in [9.17, 15) is 5.11 Å². The number of hydrogen-bond acceptors (Lipinski definition) is 3. The average molecular weight is 170 g/mol. The Hall–Kier alpha value is -0.120. The van der Waals surface area contributed by atoms with Gasteiger partial charge >= 0.3 is 0 Å². The van der Waals surface area contributed by atoms with Gasteiger partial charge in [0.15, 0.2) is 0 Å². The fourth-order valence-corrected chi connectivity index (χ4v) is 2.19. The van der Waals surface area contributed by atoms with Crippen LogP contribution in [0.15, 0.2) is 0 Å². The molecule has 3 heteroatoms. The standard InChI is InChI=1S/C9H18N2O/c1-7-3-2-4-8(11-7)9(12)5-10-6-9/h7-8,10-12H,2-6H2,1H3. The monoisotopic (exact) mass is 170 g/mol. The fraction of sp³-hybridized carbons (Fsp3) is 1.00. The number of hydrogen-bond donors (Lipinski definition) is 3. The minimum absolute atomic E-state index is 0.322. The van der Waals surface area contributed by atoms with Gasteiger partial charge in [-0.2, -0.15) is 0 Å². The lowest BCUT2D eigenvalue weighted by Crippen LogP contribution is -2.70. The van der Waals surface area contributed by atoms with Gasteiger partial charge in [-0.15, -0.1) is 0 Å². The smallest absolute Gasteiger partial charge is 0.105 e. The van der Waals surface area contributed by atoms with Crippen molar-refractivity contribution in [2.45, 2.75) is 43.9 Å². The topological polar surface area (TPSA) is 44.3 Å². The molecule has 0 amide bonds. The third kappa shape index (κ3) is 1.37. The summed E-state index contributed by atoms with van der Waals surface area (Å²) >= 11 is 0. The van der Waals surface area contributed by atoms with Crippen LogP contribution in [0.2, 0.25) is 0 Å². The molecule has 2 aliphatic heterocycles. The van der Waals surface area contributed by atoms with Crippen molar-refractivity contribution in [2.24, 2.45) is 0 Å². The molecular formula is C9H18N2O. The largest absolute Gasteiger partial charge is 0.386 e. The van der Waals surface area contributed by atoms with E-state index >= 15 is 0 Å². The molecule has 2 saturated heterocycles. The Morgan fingerprint density at radius 1 is 1.33 bits per heavy atom. The van der Waals surface area contributed by atoms with E-state index in [2.05, 4.69) is 17.6 Å². The first kappa shape index (κ1) is 8.48. The molecule has 0 spiro atoms. The van der Waals surface area contributed by atoms with Gasteiger partial charge in [0, 0.05) is 25.2 Å². The van der Waals surface area contributed by atoms with E-state index in [-0.39, 0.29) is 0 Å². The molecule has 0 saturated carbocycles. The summed E-state index contributed by atoms with van der Waals surface area (Å²) in [5.41, 5.74) is -0.450. The second-order valence-corrected chi connectivity index (χ2v) is 4.26. The summed E-state index contributed by atoms with van der Waals surface area (Å²) in [6.45, 7) is 3.72. The van der Waals surface area contributed by atoms with Crippen molar-refractivity contribution in [1.29, 1.82) is 0 Å². The predicted molar refractivity (Wildman–Crippen MR) is 48.1 cm³/mol. The van der Waals surface area contributed by atoms with Crippen LogP contribution < -0.4 is 10.6 Å². The lowest BCUT2D eigenvalue weighted by atomic mass is 9.82. The zero-order valence-electron chi connectivity index (χ0n) is 7.64. The summed E-state index contributed by atoms with van der Waals surface area (Å²) in [6, 6.07) is 0.899. The van der Waals surface area contributed by atoms with Crippen LogP contribution in [0.3, 0.4) is 0 Å². The van der Waals surface area contributed by atoms with Gasteiger partial charge in [-0.05, 0) is 19.8 Å². The van der Waals surface area contributed by atoms with Crippen LogP contribution in [-0.2, 0) is 0 Å². The maximum absolute atomic E-state index is 10.0. The van der Waals surface area contributed by atoms with Gasteiger partial charge < -0.3 is 15.7 Å². The highest BCUT2D eigenvalue weighted by Gasteiger charge is 2.43. The van der Waals surface area contributed by atoms with Crippen LogP contribution in [0.5, 0.6) is 0 Å². The van der Waals surface area contributed by atoms with Crippen molar-refractivity contribution in [3.8, 4) is 0 Å². The molecule has 0 bridgehead atoms. The first-order chi connectivity index (χ1) is 5.71. The molecule has 3 nitrogen and oxygen atoms in total. The zero-order chi connectivity index (χ0) is 8.60. The van der Waals surface area contributed by atoms with Gasteiger partial charge in [0.25, 0.3) is 0 Å². The van der Waals surface area contributed by atoms with Crippen molar-refractivity contribution >= 4 is 0 Å². The molecule has 2 atom stereocenters. The Bertz CT molecular complexity index is 168. The first-order valence-electron chi connectivity index (χ1n) is 4.90.